The Bertz CT molecular complexity index is 1060. The molecule has 3 heterocycles. The van der Waals surface area contributed by atoms with E-state index < -0.39 is 0 Å². The molecule has 0 bridgehead atoms. The number of nitrogens with zero attached hydrogens (tertiary/aromatic N) is 2. The second-order valence-electron chi connectivity index (χ2n) is 6.93. The second-order valence-corrected chi connectivity index (χ2v) is 7.71. The van der Waals surface area contributed by atoms with E-state index in [2.05, 4.69) is 20.8 Å². The van der Waals surface area contributed by atoms with Crippen molar-refractivity contribution in [2.45, 2.75) is 39.7 Å². The molecule has 0 aliphatic heterocycles. The van der Waals surface area contributed by atoms with Crippen LogP contribution in [0.3, 0.4) is 0 Å². The van der Waals surface area contributed by atoms with E-state index in [1.54, 1.807) is 26.3 Å². The van der Waals surface area contributed by atoms with Gasteiger partial charge in [0.2, 0.25) is 0 Å². The fourth-order valence-corrected chi connectivity index (χ4v) is 4.63. The maximum Gasteiger partial charge on any atom is 0.255 e. The van der Waals surface area contributed by atoms with E-state index in [0.717, 1.165) is 21.6 Å². The van der Waals surface area contributed by atoms with Crippen molar-refractivity contribution >= 4 is 27.5 Å². The van der Waals surface area contributed by atoms with Gasteiger partial charge >= 0.3 is 0 Å². The minimum absolute atomic E-state index is 0.00639. The Morgan fingerprint density at radius 1 is 1.36 bits per heavy atom. The lowest BCUT2D eigenvalue weighted by atomic mass is 10.0. The van der Waals surface area contributed by atoms with Crippen molar-refractivity contribution in [3.05, 3.63) is 45.1 Å². The van der Waals surface area contributed by atoms with Crippen LogP contribution < -0.4 is 10.3 Å². The predicted octanol–water partition coefficient (Wildman–Crippen LogP) is 3.43. The van der Waals surface area contributed by atoms with Crippen LogP contribution in [0.2, 0.25) is 0 Å². The fourth-order valence-electron chi connectivity index (χ4n) is 3.71. The monoisotopic (exact) mass is 403 g/mol. The predicted molar refractivity (Wildman–Crippen MR) is 110 cm³/mol. The van der Waals surface area contributed by atoms with Crippen LogP contribution in [0.15, 0.2) is 17.1 Å². The number of ether oxygens (including phenoxy) is 2. The van der Waals surface area contributed by atoms with Crippen molar-refractivity contribution in [1.29, 1.82) is 0 Å². The van der Waals surface area contributed by atoms with Gasteiger partial charge in [-0.25, -0.2) is 0 Å². The highest BCUT2D eigenvalue weighted by Crippen LogP contribution is 2.33. The molecule has 1 unspecified atom stereocenters. The number of carbonyl (C=O) groups is 1. The van der Waals surface area contributed by atoms with E-state index >= 15 is 0 Å². The quantitative estimate of drug-likeness (QED) is 0.582. The van der Waals surface area contributed by atoms with E-state index in [9.17, 15) is 9.59 Å². The van der Waals surface area contributed by atoms with Gasteiger partial charge < -0.3 is 19.0 Å². The number of H-pyrrole nitrogens is 1. The first-order valence-corrected chi connectivity index (χ1v) is 9.90. The highest BCUT2D eigenvalue weighted by atomic mass is 32.1. The van der Waals surface area contributed by atoms with Crippen molar-refractivity contribution < 1.29 is 14.3 Å². The molecule has 0 saturated carbocycles. The normalized spacial score (nSPS) is 12.5. The summed E-state index contributed by atoms with van der Waals surface area (Å²) in [4.78, 5) is 29.1. The van der Waals surface area contributed by atoms with Gasteiger partial charge in [-0.3, -0.25) is 9.59 Å². The lowest BCUT2D eigenvalue weighted by molar-refractivity contribution is 0.0983. The lowest BCUT2D eigenvalue weighted by Crippen LogP contribution is -2.17. The highest BCUT2D eigenvalue weighted by molar-refractivity contribution is 7.13. The van der Waals surface area contributed by atoms with Gasteiger partial charge in [-0.15, -0.1) is 0 Å². The molecule has 0 radical (unpaired) electrons. The smallest absolute Gasteiger partial charge is 0.255 e. The zero-order valence-electron chi connectivity index (χ0n) is 16.8. The summed E-state index contributed by atoms with van der Waals surface area (Å²) in [5.74, 6) is 0.507. The average Bonchev–Trinajstić information content (AvgIpc) is 3.19. The molecule has 7 nitrogen and oxygen atoms in total. The number of Topliss-reactive ketones (excluding diaryl/α,β-unsaturated/α-hetero) is 1. The van der Waals surface area contributed by atoms with Crippen LogP contribution in [0.1, 0.15) is 46.7 Å². The summed E-state index contributed by atoms with van der Waals surface area (Å²) >= 11 is 1.38. The Morgan fingerprint density at radius 2 is 2.11 bits per heavy atom. The minimum atomic E-state index is -0.213. The van der Waals surface area contributed by atoms with Crippen LogP contribution in [0.25, 0.3) is 10.2 Å². The average molecular weight is 404 g/mol. The number of nitrogens with one attached hydrogen (secondary N) is 1. The zero-order chi connectivity index (χ0) is 20.4. The van der Waals surface area contributed by atoms with Crippen molar-refractivity contribution in [3.63, 3.8) is 0 Å². The van der Waals surface area contributed by atoms with Crippen LogP contribution >= 0.6 is 11.5 Å². The third-order valence-electron chi connectivity index (χ3n) is 4.94. The van der Waals surface area contributed by atoms with Gasteiger partial charge in [-0.05, 0) is 44.8 Å². The number of pyridine rings is 1. The van der Waals surface area contributed by atoms with E-state index in [-0.39, 0.29) is 23.8 Å². The van der Waals surface area contributed by atoms with Crippen LogP contribution in [-0.4, -0.2) is 40.5 Å². The summed E-state index contributed by atoms with van der Waals surface area (Å²) in [6, 6.07) is 1.87. The number of ketones is 1. The summed E-state index contributed by atoms with van der Waals surface area (Å²) in [6.07, 6.45) is 2.28. The van der Waals surface area contributed by atoms with E-state index in [0.29, 0.717) is 29.9 Å². The highest BCUT2D eigenvalue weighted by Gasteiger charge is 2.24. The van der Waals surface area contributed by atoms with Crippen molar-refractivity contribution in [3.8, 4) is 5.75 Å². The molecule has 0 aliphatic carbocycles. The Morgan fingerprint density at radius 3 is 2.79 bits per heavy atom. The number of hydrogen-bond donors (Lipinski definition) is 1. The van der Waals surface area contributed by atoms with E-state index in [1.807, 2.05) is 6.92 Å². The van der Waals surface area contributed by atoms with Gasteiger partial charge in [-0.2, -0.15) is 4.37 Å². The molecule has 8 heteroatoms. The standard InChI is InChI=1S/C20H25N3O4S/c1-11-8-17(27-5)14(19(25)22-11)6-7-16(24)18-13(3)23(12(2)10-26-4)20-15(18)9-21-28-20/h8-9,12H,6-7,10H2,1-5H3,(H,22,25). The Labute approximate surface area is 167 Å². The summed E-state index contributed by atoms with van der Waals surface area (Å²) in [6.45, 7) is 6.35. The van der Waals surface area contributed by atoms with Gasteiger partial charge in [0, 0.05) is 35.9 Å². The molecule has 0 fully saturated rings. The second kappa shape index (κ2) is 8.28. The zero-order valence-corrected chi connectivity index (χ0v) is 17.6. The van der Waals surface area contributed by atoms with Crippen LogP contribution in [0.5, 0.6) is 5.75 Å². The molecule has 0 aliphatic rings. The van der Waals surface area contributed by atoms with Crippen molar-refractivity contribution in [2.24, 2.45) is 0 Å². The van der Waals surface area contributed by atoms with Crippen molar-refractivity contribution in [1.82, 2.24) is 13.9 Å². The number of hydrogen-bond acceptors (Lipinski definition) is 6. The first-order chi connectivity index (χ1) is 13.4. The minimum Gasteiger partial charge on any atom is -0.496 e. The van der Waals surface area contributed by atoms with Crippen LogP contribution in [-0.2, 0) is 11.2 Å². The summed E-state index contributed by atoms with van der Waals surface area (Å²) in [5, 5.41) is 0.861. The van der Waals surface area contributed by atoms with Crippen LogP contribution in [0.4, 0.5) is 0 Å². The first kappa shape index (κ1) is 20.3. The van der Waals surface area contributed by atoms with E-state index in [4.69, 9.17) is 9.47 Å². The molecule has 28 heavy (non-hydrogen) atoms. The van der Waals surface area contributed by atoms with Gasteiger partial charge in [0.25, 0.3) is 5.56 Å². The number of fused-ring (bicyclic) bond motifs is 1. The molecule has 0 aromatic carbocycles. The lowest BCUT2D eigenvalue weighted by Gasteiger charge is -2.16. The van der Waals surface area contributed by atoms with Gasteiger partial charge in [0.1, 0.15) is 10.6 Å². The molecule has 3 aromatic heterocycles. The third kappa shape index (κ3) is 3.62. The Balaban J connectivity index is 1.92. The number of carbonyl (C=O) groups excluding carboxylic acids is 1. The van der Waals surface area contributed by atoms with E-state index in [1.165, 1.54) is 18.6 Å². The number of methoxy groups -OCH3 is 2. The van der Waals surface area contributed by atoms with Gasteiger partial charge in [0.05, 0.1) is 31.5 Å². The van der Waals surface area contributed by atoms with Gasteiger partial charge in [-0.1, -0.05) is 0 Å². The Kier molecular flexibility index (Phi) is 6.00. The molecule has 0 saturated heterocycles. The number of aryl methyl sites for hydroxylation is 1. The maximum absolute atomic E-state index is 13.1. The number of aromatic nitrogens is 3. The summed E-state index contributed by atoms with van der Waals surface area (Å²) in [7, 11) is 3.19. The van der Waals surface area contributed by atoms with Gasteiger partial charge in [0.15, 0.2) is 5.78 Å². The molecule has 3 aromatic rings. The molecule has 3 rings (SSSR count). The number of rotatable bonds is 8. The molecular formula is C20H25N3O4S. The summed E-state index contributed by atoms with van der Waals surface area (Å²) in [5.41, 5.74) is 2.58. The largest absolute Gasteiger partial charge is 0.496 e. The maximum atomic E-state index is 13.1. The fraction of sp³-hybridized carbons (Fsp3) is 0.450. The van der Waals surface area contributed by atoms with Crippen LogP contribution in [0, 0.1) is 13.8 Å². The summed E-state index contributed by atoms with van der Waals surface area (Å²) < 4.78 is 17.0. The molecule has 1 atom stereocenters. The molecule has 1 N–H and O–H groups in total. The molecule has 150 valence electrons. The topological polar surface area (TPSA) is 86.2 Å². The third-order valence-corrected chi connectivity index (χ3v) is 5.74. The Hall–Kier alpha value is -2.45. The number of aromatic amines is 1. The SMILES string of the molecule is COCC(C)n1c(C)c(C(=O)CCc2c(OC)cc(C)[nH]c2=O)c2cnsc21. The first-order valence-electron chi connectivity index (χ1n) is 9.13. The molecular weight excluding hydrogens is 378 g/mol. The molecule has 0 spiro atoms. The molecule has 0 amide bonds. The van der Waals surface area contributed by atoms with Crippen molar-refractivity contribution in [2.75, 3.05) is 20.8 Å².